The molecule has 0 saturated heterocycles. The van der Waals surface area contributed by atoms with Crippen molar-refractivity contribution >= 4 is 22.5 Å². The maximum Gasteiger partial charge on any atom is 0.253 e. The molecule has 1 unspecified atom stereocenters. The van der Waals surface area contributed by atoms with E-state index >= 15 is 0 Å². The van der Waals surface area contributed by atoms with Crippen LogP contribution in [-0.4, -0.2) is 37.2 Å². The average Bonchev–Trinajstić information content (AvgIpc) is 3.41. The van der Waals surface area contributed by atoms with Gasteiger partial charge in [-0.05, 0) is 78.7 Å². The molecule has 3 aromatic carbocycles. The number of hydrogen-bond donors (Lipinski definition) is 1. The molecule has 200 valence electrons. The molecule has 39 heavy (non-hydrogen) atoms. The Morgan fingerprint density at radius 3 is 2.33 bits per heavy atom. The first-order chi connectivity index (χ1) is 18.7. The summed E-state index contributed by atoms with van der Waals surface area (Å²) in [7, 11) is 1.63. The standard InChI is InChI=1S/C30H31ClN6O2/c1-30(2,3)37-28(33-34-35-37)27(25-17-22-16-24(39-4)14-15-26(22)32-29(25)38)36(18-20-8-6-5-7-9-20)19-21-10-12-23(31)13-11-21/h5-17,27H,18-19H2,1-4H3,(H,32,38). The molecule has 0 aliphatic heterocycles. The number of tetrazole rings is 1. The summed E-state index contributed by atoms with van der Waals surface area (Å²) in [6.45, 7) is 7.21. The molecule has 5 rings (SSSR count). The molecule has 8 nitrogen and oxygen atoms in total. The smallest absolute Gasteiger partial charge is 0.253 e. The number of halogens is 1. The number of pyridine rings is 1. The molecule has 0 fully saturated rings. The highest BCUT2D eigenvalue weighted by atomic mass is 35.5. The summed E-state index contributed by atoms with van der Waals surface area (Å²) in [4.78, 5) is 19.0. The normalized spacial score (nSPS) is 12.7. The topological polar surface area (TPSA) is 88.9 Å². The fourth-order valence-electron chi connectivity index (χ4n) is 4.75. The third kappa shape index (κ3) is 5.87. The first kappa shape index (κ1) is 26.6. The largest absolute Gasteiger partial charge is 0.497 e. The van der Waals surface area contributed by atoms with Gasteiger partial charge in [-0.3, -0.25) is 9.69 Å². The maximum atomic E-state index is 13.7. The summed E-state index contributed by atoms with van der Waals surface area (Å²) in [5.41, 5.74) is 2.81. The second-order valence-corrected chi connectivity index (χ2v) is 11.0. The van der Waals surface area contributed by atoms with E-state index in [2.05, 4.69) is 37.5 Å². The van der Waals surface area contributed by atoms with Crippen LogP contribution in [0.1, 0.15) is 49.3 Å². The number of aromatic nitrogens is 5. The third-order valence-corrected chi connectivity index (χ3v) is 6.89. The van der Waals surface area contributed by atoms with Gasteiger partial charge >= 0.3 is 0 Å². The van der Waals surface area contributed by atoms with Crippen molar-refractivity contribution in [3.05, 3.63) is 117 Å². The second-order valence-electron chi connectivity index (χ2n) is 10.5. The molecule has 5 aromatic rings. The number of ether oxygens (including phenoxy) is 1. The zero-order chi connectivity index (χ0) is 27.6. The van der Waals surface area contributed by atoms with Gasteiger partial charge in [0.1, 0.15) is 11.8 Å². The lowest BCUT2D eigenvalue weighted by molar-refractivity contribution is 0.184. The molecule has 0 spiro atoms. The Labute approximate surface area is 232 Å². The number of benzene rings is 3. The number of nitrogens with zero attached hydrogens (tertiary/aromatic N) is 5. The highest BCUT2D eigenvalue weighted by molar-refractivity contribution is 6.30. The highest BCUT2D eigenvalue weighted by Crippen LogP contribution is 2.32. The van der Waals surface area contributed by atoms with Crippen LogP contribution in [0.25, 0.3) is 10.9 Å². The summed E-state index contributed by atoms with van der Waals surface area (Å²) in [6.07, 6.45) is 0. The summed E-state index contributed by atoms with van der Waals surface area (Å²) >= 11 is 6.19. The summed E-state index contributed by atoms with van der Waals surface area (Å²) in [5, 5.41) is 14.4. The fourth-order valence-corrected chi connectivity index (χ4v) is 4.88. The van der Waals surface area contributed by atoms with E-state index in [4.69, 9.17) is 16.3 Å². The molecule has 0 aliphatic rings. The lowest BCUT2D eigenvalue weighted by Crippen LogP contribution is -2.37. The van der Waals surface area contributed by atoms with Gasteiger partial charge in [-0.2, -0.15) is 0 Å². The molecular weight excluding hydrogens is 512 g/mol. The average molecular weight is 543 g/mol. The number of hydrogen-bond acceptors (Lipinski definition) is 6. The van der Waals surface area contributed by atoms with Gasteiger partial charge in [-0.15, -0.1) is 5.10 Å². The molecule has 0 saturated carbocycles. The van der Waals surface area contributed by atoms with Gasteiger partial charge in [0.15, 0.2) is 5.82 Å². The van der Waals surface area contributed by atoms with Crippen molar-refractivity contribution in [2.75, 3.05) is 7.11 Å². The Morgan fingerprint density at radius 2 is 1.67 bits per heavy atom. The SMILES string of the molecule is COc1ccc2[nH]c(=O)c(C(c3nnnn3C(C)(C)C)N(Cc3ccccc3)Cc3ccc(Cl)cc3)cc2c1. The Balaban J connectivity index is 1.73. The van der Waals surface area contributed by atoms with Crippen LogP contribution in [0, 0.1) is 0 Å². The van der Waals surface area contributed by atoms with Crippen LogP contribution in [0.2, 0.25) is 5.02 Å². The molecule has 2 heterocycles. The Morgan fingerprint density at radius 1 is 0.974 bits per heavy atom. The van der Waals surface area contributed by atoms with Crippen LogP contribution in [0.3, 0.4) is 0 Å². The molecule has 1 N–H and O–H groups in total. The Kier molecular flexibility index (Phi) is 7.50. The van der Waals surface area contributed by atoms with Crippen molar-refractivity contribution in [1.82, 2.24) is 30.1 Å². The predicted octanol–water partition coefficient (Wildman–Crippen LogP) is 5.72. The summed E-state index contributed by atoms with van der Waals surface area (Å²) in [5.74, 6) is 1.29. The van der Waals surface area contributed by atoms with Crippen molar-refractivity contribution < 1.29 is 4.74 Å². The molecule has 0 bridgehead atoms. The van der Waals surface area contributed by atoms with E-state index in [1.165, 1.54) is 0 Å². The number of nitrogens with one attached hydrogen (secondary N) is 1. The number of aromatic amines is 1. The van der Waals surface area contributed by atoms with Gasteiger partial charge in [-0.25, -0.2) is 4.68 Å². The van der Waals surface area contributed by atoms with Crippen LogP contribution in [0.15, 0.2) is 83.7 Å². The number of fused-ring (bicyclic) bond motifs is 1. The lowest BCUT2D eigenvalue weighted by atomic mass is 10.00. The van der Waals surface area contributed by atoms with E-state index in [1.54, 1.807) is 11.8 Å². The molecule has 2 aromatic heterocycles. The summed E-state index contributed by atoms with van der Waals surface area (Å²) < 4.78 is 7.25. The van der Waals surface area contributed by atoms with Crippen molar-refractivity contribution in [1.29, 1.82) is 0 Å². The zero-order valence-corrected chi connectivity index (χ0v) is 23.2. The number of methoxy groups -OCH3 is 1. The highest BCUT2D eigenvalue weighted by Gasteiger charge is 2.33. The van der Waals surface area contributed by atoms with Gasteiger partial charge in [-0.1, -0.05) is 54.1 Å². The maximum absolute atomic E-state index is 13.7. The van der Waals surface area contributed by atoms with E-state index < -0.39 is 11.6 Å². The van der Waals surface area contributed by atoms with Gasteiger partial charge in [0, 0.05) is 34.6 Å². The first-order valence-electron chi connectivity index (χ1n) is 12.7. The van der Waals surface area contributed by atoms with Gasteiger partial charge in [0.2, 0.25) is 0 Å². The molecule has 0 radical (unpaired) electrons. The van der Waals surface area contributed by atoms with E-state index in [0.717, 1.165) is 22.0 Å². The van der Waals surface area contributed by atoms with Crippen LogP contribution in [0.5, 0.6) is 5.75 Å². The van der Waals surface area contributed by atoms with E-state index in [1.807, 2.05) is 87.5 Å². The van der Waals surface area contributed by atoms with Crippen molar-refractivity contribution in [2.24, 2.45) is 0 Å². The zero-order valence-electron chi connectivity index (χ0n) is 22.4. The minimum atomic E-state index is -0.561. The van der Waals surface area contributed by atoms with Crippen molar-refractivity contribution in [2.45, 2.75) is 45.4 Å². The fraction of sp³-hybridized carbons (Fsp3) is 0.267. The van der Waals surface area contributed by atoms with Crippen LogP contribution in [0.4, 0.5) is 0 Å². The van der Waals surface area contributed by atoms with Gasteiger partial charge in [0.05, 0.1) is 12.6 Å². The first-order valence-corrected chi connectivity index (χ1v) is 13.1. The number of rotatable bonds is 8. The van der Waals surface area contributed by atoms with Crippen molar-refractivity contribution in [3.63, 3.8) is 0 Å². The quantitative estimate of drug-likeness (QED) is 0.269. The molecular formula is C30H31ClN6O2. The number of H-pyrrole nitrogens is 1. The van der Waals surface area contributed by atoms with Crippen molar-refractivity contribution in [3.8, 4) is 5.75 Å². The van der Waals surface area contributed by atoms with E-state index in [9.17, 15) is 4.79 Å². The van der Waals surface area contributed by atoms with E-state index in [0.29, 0.717) is 35.2 Å². The molecule has 9 heteroatoms. The lowest BCUT2D eigenvalue weighted by Gasteiger charge is -2.33. The second kappa shape index (κ2) is 11.0. The van der Waals surface area contributed by atoms with E-state index in [-0.39, 0.29) is 5.56 Å². The predicted molar refractivity (Wildman–Crippen MR) is 153 cm³/mol. The Hall–Kier alpha value is -4.01. The van der Waals surface area contributed by atoms with Crippen LogP contribution < -0.4 is 10.3 Å². The minimum absolute atomic E-state index is 0.199. The molecule has 0 aliphatic carbocycles. The Bertz CT molecular complexity index is 1620. The van der Waals surface area contributed by atoms with Crippen LogP contribution >= 0.6 is 11.6 Å². The van der Waals surface area contributed by atoms with Gasteiger partial charge < -0.3 is 9.72 Å². The van der Waals surface area contributed by atoms with Crippen LogP contribution in [-0.2, 0) is 18.6 Å². The monoisotopic (exact) mass is 542 g/mol. The minimum Gasteiger partial charge on any atom is -0.497 e. The molecule has 0 amide bonds. The summed E-state index contributed by atoms with van der Waals surface area (Å²) in [6, 6.07) is 24.9. The van der Waals surface area contributed by atoms with Gasteiger partial charge in [0.25, 0.3) is 5.56 Å². The molecule has 1 atom stereocenters. The third-order valence-electron chi connectivity index (χ3n) is 6.64.